The minimum Gasteiger partial charge on any atom is -0.396 e. The Bertz CT molecular complexity index is 401. The monoisotopic (exact) mass is 261 g/mol. The molecule has 2 heteroatoms. The van der Waals surface area contributed by atoms with Gasteiger partial charge in [0.15, 0.2) is 0 Å². The second kappa shape index (κ2) is 6.42. The van der Waals surface area contributed by atoms with Crippen molar-refractivity contribution in [1.29, 1.82) is 0 Å². The highest BCUT2D eigenvalue weighted by Crippen LogP contribution is 2.30. The average molecular weight is 261 g/mol. The number of aliphatic hydroxyl groups is 1. The van der Waals surface area contributed by atoms with Crippen LogP contribution in [0.2, 0.25) is 0 Å². The second-order valence-electron chi connectivity index (χ2n) is 5.87. The number of nitrogens with one attached hydrogen (secondary N) is 1. The van der Waals surface area contributed by atoms with E-state index >= 15 is 0 Å². The zero-order chi connectivity index (χ0) is 13.7. The van der Waals surface area contributed by atoms with Gasteiger partial charge in [0.05, 0.1) is 6.61 Å². The summed E-state index contributed by atoms with van der Waals surface area (Å²) in [5.41, 5.74) is 4.33. The van der Waals surface area contributed by atoms with Gasteiger partial charge in [-0.3, -0.25) is 0 Å². The molecule has 0 atom stereocenters. The first-order chi connectivity index (χ1) is 9.24. The molecule has 106 valence electrons. The van der Waals surface area contributed by atoms with Gasteiger partial charge in [-0.25, -0.2) is 0 Å². The predicted molar refractivity (Wildman–Crippen MR) is 81.7 cm³/mol. The van der Waals surface area contributed by atoms with E-state index in [1.807, 2.05) is 0 Å². The van der Waals surface area contributed by atoms with E-state index in [-0.39, 0.29) is 12.0 Å². The summed E-state index contributed by atoms with van der Waals surface area (Å²) in [6, 6.07) is 6.61. The third-order valence-corrected chi connectivity index (χ3v) is 4.89. The summed E-state index contributed by atoms with van der Waals surface area (Å²) in [4.78, 5) is 0. The molecule has 0 aromatic heterocycles. The molecule has 0 amide bonds. The van der Waals surface area contributed by atoms with Crippen molar-refractivity contribution in [2.45, 2.75) is 52.4 Å². The molecule has 1 aliphatic carbocycles. The van der Waals surface area contributed by atoms with Gasteiger partial charge >= 0.3 is 0 Å². The van der Waals surface area contributed by atoms with Gasteiger partial charge in [-0.15, -0.1) is 0 Å². The maximum atomic E-state index is 9.65. The van der Waals surface area contributed by atoms with Crippen molar-refractivity contribution in [2.75, 3.05) is 18.5 Å². The van der Waals surface area contributed by atoms with E-state index in [9.17, 15) is 5.11 Å². The number of aliphatic hydroxyl groups excluding tert-OH is 1. The quantitative estimate of drug-likeness (QED) is 0.817. The van der Waals surface area contributed by atoms with Crippen molar-refractivity contribution in [3.8, 4) is 0 Å². The van der Waals surface area contributed by atoms with Crippen LogP contribution in [-0.2, 0) is 12.8 Å². The number of anilines is 1. The Morgan fingerprint density at radius 1 is 1.16 bits per heavy atom. The van der Waals surface area contributed by atoms with Gasteiger partial charge in [0.2, 0.25) is 0 Å². The number of rotatable bonds is 6. The van der Waals surface area contributed by atoms with E-state index in [1.165, 1.54) is 42.5 Å². The van der Waals surface area contributed by atoms with Crippen LogP contribution in [0.15, 0.2) is 18.2 Å². The van der Waals surface area contributed by atoms with E-state index in [0.29, 0.717) is 0 Å². The molecular weight excluding hydrogens is 234 g/mol. The highest BCUT2D eigenvalue weighted by molar-refractivity contribution is 5.55. The first-order valence-electron chi connectivity index (χ1n) is 7.70. The van der Waals surface area contributed by atoms with Crippen LogP contribution in [0.4, 0.5) is 5.69 Å². The number of hydrogen-bond donors (Lipinski definition) is 2. The molecule has 0 radical (unpaired) electrons. The molecule has 1 aliphatic rings. The Morgan fingerprint density at radius 2 is 1.89 bits per heavy atom. The first kappa shape index (κ1) is 14.4. The Kier molecular flexibility index (Phi) is 4.87. The van der Waals surface area contributed by atoms with Gasteiger partial charge < -0.3 is 10.4 Å². The standard InChI is InChI=1S/C17H27NO/c1-3-17(4-2,13-19)12-18-16-11-7-9-14-8-5-6-10-15(14)16/h7,9,11,18-19H,3-6,8,10,12-13H2,1-2H3. The van der Waals surface area contributed by atoms with Gasteiger partial charge in [0, 0.05) is 17.6 Å². The van der Waals surface area contributed by atoms with Crippen LogP contribution in [0.25, 0.3) is 0 Å². The average Bonchev–Trinajstić information content (AvgIpc) is 2.49. The summed E-state index contributed by atoms with van der Waals surface area (Å²) in [5, 5.41) is 13.3. The summed E-state index contributed by atoms with van der Waals surface area (Å²) in [6.07, 6.45) is 7.07. The summed E-state index contributed by atoms with van der Waals surface area (Å²) in [6.45, 7) is 5.47. The molecule has 1 aromatic rings. The van der Waals surface area contributed by atoms with Crippen LogP contribution in [0, 0.1) is 5.41 Å². The van der Waals surface area contributed by atoms with E-state index in [1.54, 1.807) is 0 Å². The Labute approximate surface area is 117 Å². The minimum atomic E-state index is 0.0252. The third kappa shape index (κ3) is 3.11. The molecule has 19 heavy (non-hydrogen) atoms. The lowest BCUT2D eigenvalue weighted by Gasteiger charge is -2.31. The fourth-order valence-electron chi connectivity index (χ4n) is 3.01. The minimum absolute atomic E-state index is 0.0252. The molecule has 0 unspecified atom stereocenters. The van der Waals surface area contributed by atoms with Crippen LogP contribution < -0.4 is 5.32 Å². The fourth-order valence-corrected chi connectivity index (χ4v) is 3.01. The molecule has 2 rings (SSSR count). The Morgan fingerprint density at radius 3 is 2.58 bits per heavy atom. The maximum Gasteiger partial charge on any atom is 0.0504 e. The summed E-state index contributed by atoms with van der Waals surface area (Å²) >= 11 is 0. The number of fused-ring (bicyclic) bond motifs is 1. The van der Waals surface area contributed by atoms with Crippen LogP contribution >= 0.6 is 0 Å². The third-order valence-electron chi connectivity index (χ3n) is 4.89. The van der Waals surface area contributed by atoms with E-state index in [4.69, 9.17) is 0 Å². The van der Waals surface area contributed by atoms with Gasteiger partial charge in [-0.05, 0) is 55.7 Å². The molecule has 2 nitrogen and oxygen atoms in total. The lowest BCUT2D eigenvalue weighted by molar-refractivity contribution is 0.127. The summed E-state index contributed by atoms with van der Waals surface area (Å²) in [7, 11) is 0. The molecule has 0 aliphatic heterocycles. The van der Waals surface area contributed by atoms with Crippen LogP contribution in [0.1, 0.15) is 50.7 Å². The van der Waals surface area contributed by atoms with Crippen LogP contribution in [0.5, 0.6) is 0 Å². The van der Waals surface area contributed by atoms with Crippen LogP contribution in [0.3, 0.4) is 0 Å². The van der Waals surface area contributed by atoms with Gasteiger partial charge in [-0.1, -0.05) is 26.0 Å². The lowest BCUT2D eigenvalue weighted by atomic mass is 9.83. The van der Waals surface area contributed by atoms with Crippen molar-refractivity contribution < 1.29 is 5.11 Å². The zero-order valence-electron chi connectivity index (χ0n) is 12.3. The van der Waals surface area contributed by atoms with E-state index in [2.05, 4.69) is 37.4 Å². The normalized spacial score (nSPS) is 15.1. The molecule has 0 bridgehead atoms. The van der Waals surface area contributed by atoms with Crippen molar-refractivity contribution in [2.24, 2.45) is 5.41 Å². The lowest BCUT2D eigenvalue weighted by Crippen LogP contribution is -2.32. The smallest absolute Gasteiger partial charge is 0.0504 e. The molecule has 0 saturated heterocycles. The van der Waals surface area contributed by atoms with Crippen LogP contribution in [-0.4, -0.2) is 18.3 Å². The first-order valence-corrected chi connectivity index (χ1v) is 7.70. The highest BCUT2D eigenvalue weighted by Gasteiger charge is 2.25. The fraction of sp³-hybridized carbons (Fsp3) is 0.647. The number of hydrogen-bond acceptors (Lipinski definition) is 2. The molecule has 0 fully saturated rings. The molecule has 1 aromatic carbocycles. The van der Waals surface area contributed by atoms with Crippen molar-refractivity contribution in [3.05, 3.63) is 29.3 Å². The van der Waals surface area contributed by atoms with Crippen molar-refractivity contribution in [3.63, 3.8) is 0 Å². The predicted octanol–water partition coefficient (Wildman–Crippen LogP) is 3.78. The van der Waals surface area contributed by atoms with E-state index in [0.717, 1.165) is 19.4 Å². The molecule has 2 N–H and O–H groups in total. The zero-order valence-corrected chi connectivity index (χ0v) is 12.3. The second-order valence-corrected chi connectivity index (χ2v) is 5.87. The van der Waals surface area contributed by atoms with E-state index < -0.39 is 0 Å². The van der Waals surface area contributed by atoms with Gasteiger partial charge in [0.25, 0.3) is 0 Å². The Hall–Kier alpha value is -1.02. The largest absolute Gasteiger partial charge is 0.396 e. The maximum absolute atomic E-state index is 9.65. The summed E-state index contributed by atoms with van der Waals surface area (Å²) in [5.74, 6) is 0. The SMILES string of the molecule is CCC(CC)(CO)CNc1cccc2c1CCCC2. The molecule has 0 spiro atoms. The highest BCUT2D eigenvalue weighted by atomic mass is 16.3. The van der Waals surface area contributed by atoms with Crippen molar-refractivity contribution in [1.82, 2.24) is 0 Å². The van der Waals surface area contributed by atoms with Gasteiger partial charge in [0.1, 0.15) is 0 Å². The molecule has 0 saturated carbocycles. The molecular formula is C17H27NO. The number of aryl methyl sites for hydroxylation is 1. The number of benzene rings is 1. The molecule has 0 heterocycles. The topological polar surface area (TPSA) is 32.3 Å². The summed E-state index contributed by atoms with van der Waals surface area (Å²) < 4.78 is 0. The van der Waals surface area contributed by atoms with Gasteiger partial charge in [-0.2, -0.15) is 0 Å². The van der Waals surface area contributed by atoms with Crippen molar-refractivity contribution >= 4 is 5.69 Å². The Balaban J connectivity index is 2.11.